The Morgan fingerprint density at radius 1 is 0.886 bits per heavy atom. The van der Waals surface area contributed by atoms with E-state index in [1.807, 2.05) is 60.3 Å². The molecule has 0 aliphatic rings. The van der Waals surface area contributed by atoms with Crippen LogP contribution in [0.15, 0.2) is 107 Å². The topological polar surface area (TPSA) is 80.9 Å². The van der Waals surface area contributed by atoms with Crippen molar-refractivity contribution in [2.24, 2.45) is 0 Å². The number of hydrogen-bond acceptors (Lipinski definition) is 5. The van der Waals surface area contributed by atoms with E-state index in [-0.39, 0.29) is 0 Å². The molecule has 174 valence electrons. The van der Waals surface area contributed by atoms with E-state index in [1.54, 1.807) is 12.4 Å². The molecule has 2 heterocycles. The zero-order valence-corrected chi connectivity index (χ0v) is 20.8. The van der Waals surface area contributed by atoms with Gasteiger partial charge in [-0.15, -0.1) is 11.8 Å². The molecule has 3 N–H and O–H groups in total. The molecule has 5 aromatic rings. The van der Waals surface area contributed by atoms with Gasteiger partial charge >= 0.3 is 0 Å². The van der Waals surface area contributed by atoms with E-state index in [1.165, 1.54) is 4.90 Å². The lowest BCUT2D eigenvalue weighted by atomic mass is 10.0. The highest BCUT2D eigenvalue weighted by Gasteiger charge is 2.10. The maximum atomic E-state index is 12.6. The zero-order valence-electron chi connectivity index (χ0n) is 19.1. The number of nitrogens with two attached hydrogens (primary N) is 1. The predicted octanol–water partition coefficient (Wildman–Crippen LogP) is 6.79. The van der Waals surface area contributed by atoms with Crippen molar-refractivity contribution < 1.29 is 4.21 Å². The van der Waals surface area contributed by atoms with Gasteiger partial charge in [0.1, 0.15) is 16.8 Å². The van der Waals surface area contributed by atoms with Crippen LogP contribution in [-0.2, 0) is 11.0 Å². The molecule has 0 amide bonds. The van der Waals surface area contributed by atoms with Crippen LogP contribution in [0.5, 0.6) is 0 Å². The van der Waals surface area contributed by atoms with Gasteiger partial charge in [-0.05, 0) is 65.4 Å². The number of benzene rings is 3. The quantitative estimate of drug-likeness (QED) is 0.242. The molecular weight excluding hydrogens is 472 g/mol. The Kier molecular flexibility index (Phi) is 6.79. The number of hydrogen-bond donors (Lipinski definition) is 2. The number of nitrogen functional groups attached to an aromatic ring is 1. The summed E-state index contributed by atoms with van der Waals surface area (Å²) in [5, 5.41) is 0.991. The highest BCUT2D eigenvalue weighted by molar-refractivity contribution is 7.99. The first-order valence-electron chi connectivity index (χ1n) is 11.2. The summed E-state index contributed by atoms with van der Waals surface area (Å²) in [4.78, 5) is 10.9. The molecular formula is C28H24N4OS2. The Hall–Kier alpha value is -3.68. The molecule has 0 fully saturated rings. The third kappa shape index (κ3) is 5.21. The highest BCUT2D eigenvalue weighted by Crippen LogP contribution is 2.32. The highest BCUT2D eigenvalue weighted by atomic mass is 32.2. The van der Waals surface area contributed by atoms with Crippen molar-refractivity contribution in [1.82, 2.24) is 9.97 Å². The van der Waals surface area contributed by atoms with Crippen molar-refractivity contribution in [2.45, 2.75) is 16.7 Å². The van der Waals surface area contributed by atoms with Crippen LogP contribution in [0, 0.1) is 0 Å². The summed E-state index contributed by atoms with van der Waals surface area (Å²) in [7, 11) is -1.37. The maximum Gasteiger partial charge on any atom is 0.150 e. The van der Waals surface area contributed by atoms with Gasteiger partial charge in [0, 0.05) is 27.6 Å². The lowest BCUT2D eigenvalue weighted by Gasteiger charge is -2.11. The van der Waals surface area contributed by atoms with Gasteiger partial charge in [-0.3, -0.25) is 9.71 Å². The van der Waals surface area contributed by atoms with Crippen molar-refractivity contribution in [1.29, 1.82) is 0 Å². The normalized spacial score (nSPS) is 11.9. The van der Waals surface area contributed by atoms with E-state index in [0.29, 0.717) is 16.4 Å². The lowest BCUT2D eigenvalue weighted by Crippen LogP contribution is -2.04. The number of pyridine rings is 2. The number of nitrogens with one attached hydrogen (secondary N) is 1. The van der Waals surface area contributed by atoms with Crippen molar-refractivity contribution in [3.8, 4) is 22.3 Å². The molecule has 0 radical (unpaired) electrons. The van der Waals surface area contributed by atoms with Crippen molar-refractivity contribution in [3.05, 3.63) is 97.3 Å². The summed E-state index contributed by atoms with van der Waals surface area (Å²) >= 11 is 1.81. The van der Waals surface area contributed by atoms with Crippen LogP contribution < -0.4 is 10.5 Å². The summed E-state index contributed by atoms with van der Waals surface area (Å²) < 4.78 is 15.7. The van der Waals surface area contributed by atoms with E-state index in [4.69, 9.17) is 5.73 Å². The minimum Gasteiger partial charge on any atom is -0.383 e. The molecule has 0 bridgehead atoms. The number of anilines is 2. The van der Waals surface area contributed by atoms with Gasteiger partial charge in [-0.2, -0.15) is 0 Å². The molecule has 1 unspecified atom stereocenters. The zero-order chi connectivity index (χ0) is 24.2. The number of aromatic nitrogens is 2. The van der Waals surface area contributed by atoms with Gasteiger partial charge in [-0.1, -0.05) is 43.3 Å². The first kappa shape index (κ1) is 23.1. The Morgan fingerprint density at radius 3 is 2.43 bits per heavy atom. The lowest BCUT2D eigenvalue weighted by molar-refractivity contribution is 0.686. The summed E-state index contributed by atoms with van der Waals surface area (Å²) in [5.74, 6) is 1.55. The summed E-state index contributed by atoms with van der Waals surface area (Å²) in [6.07, 6.45) is 3.47. The molecule has 35 heavy (non-hydrogen) atoms. The second kappa shape index (κ2) is 10.3. The molecule has 2 aromatic heterocycles. The van der Waals surface area contributed by atoms with E-state index in [0.717, 1.165) is 38.9 Å². The summed E-state index contributed by atoms with van der Waals surface area (Å²) in [5.41, 5.74) is 11.7. The number of nitrogens with zero attached hydrogens (tertiary/aromatic N) is 2. The Labute approximate surface area is 211 Å². The van der Waals surface area contributed by atoms with Crippen molar-refractivity contribution >= 4 is 45.2 Å². The Bertz CT molecular complexity index is 1510. The van der Waals surface area contributed by atoms with E-state index >= 15 is 0 Å². The predicted molar refractivity (Wildman–Crippen MR) is 148 cm³/mol. The van der Waals surface area contributed by atoms with Crippen LogP contribution in [0.2, 0.25) is 0 Å². The smallest absolute Gasteiger partial charge is 0.150 e. The Balaban J connectivity index is 1.45. The molecule has 0 saturated heterocycles. The molecule has 1 atom stereocenters. The van der Waals surface area contributed by atoms with Crippen LogP contribution >= 0.6 is 11.8 Å². The monoisotopic (exact) mass is 496 g/mol. The number of rotatable bonds is 7. The first-order chi connectivity index (χ1) is 17.1. The van der Waals surface area contributed by atoms with Gasteiger partial charge in [0.2, 0.25) is 0 Å². The van der Waals surface area contributed by atoms with E-state index in [2.05, 4.69) is 58.0 Å². The standard InChI is InChI=1S/C28H24N4OS2/c1-2-34-24-11-8-19(9-12-24)26-16-21-14-20(10-13-27(21)31-28(26)29)22-15-23(18-30-17-22)32-35(33)25-6-4-3-5-7-25/h3-18,32H,2H2,1H3,(H2,29,31). The van der Waals surface area contributed by atoms with Crippen LogP contribution in [0.4, 0.5) is 11.5 Å². The molecule has 0 saturated carbocycles. The fourth-order valence-corrected chi connectivity index (χ4v) is 5.37. The maximum absolute atomic E-state index is 12.6. The molecule has 7 heteroatoms. The van der Waals surface area contributed by atoms with Crippen molar-refractivity contribution in [3.63, 3.8) is 0 Å². The van der Waals surface area contributed by atoms with Crippen LogP contribution in [0.1, 0.15) is 6.92 Å². The van der Waals surface area contributed by atoms with Gasteiger partial charge in [0.25, 0.3) is 0 Å². The van der Waals surface area contributed by atoms with Gasteiger partial charge in [0.05, 0.1) is 22.3 Å². The second-order valence-corrected chi connectivity index (χ2v) is 10.5. The van der Waals surface area contributed by atoms with Crippen molar-refractivity contribution in [2.75, 3.05) is 16.2 Å². The van der Waals surface area contributed by atoms with E-state index in [9.17, 15) is 4.21 Å². The van der Waals surface area contributed by atoms with Gasteiger partial charge in [0.15, 0.2) is 0 Å². The fourth-order valence-electron chi connectivity index (χ4n) is 3.86. The molecule has 0 spiro atoms. The number of thioether (sulfide) groups is 1. The summed E-state index contributed by atoms with van der Waals surface area (Å²) in [6.45, 7) is 2.14. The minimum atomic E-state index is -1.37. The summed E-state index contributed by atoms with van der Waals surface area (Å²) in [6, 6.07) is 27.8. The molecule has 0 aliphatic heterocycles. The molecule has 5 rings (SSSR count). The van der Waals surface area contributed by atoms with Gasteiger partial charge in [-0.25, -0.2) is 9.19 Å². The third-order valence-electron chi connectivity index (χ3n) is 5.56. The second-order valence-electron chi connectivity index (χ2n) is 7.93. The molecule has 0 aliphatic carbocycles. The Morgan fingerprint density at radius 2 is 1.66 bits per heavy atom. The SMILES string of the molecule is CCSc1ccc(-c2cc3cc(-c4cncc(NS(=O)c5ccccc5)c4)ccc3nc2N)cc1. The van der Waals surface area contributed by atoms with Gasteiger partial charge < -0.3 is 5.73 Å². The van der Waals surface area contributed by atoms with Crippen LogP contribution in [-0.4, -0.2) is 19.9 Å². The minimum absolute atomic E-state index is 0.511. The first-order valence-corrected chi connectivity index (χ1v) is 13.4. The molecule has 5 nitrogen and oxygen atoms in total. The van der Waals surface area contributed by atoms with Crippen LogP contribution in [0.25, 0.3) is 33.2 Å². The largest absolute Gasteiger partial charge is 0.383 e. The average molecular weight is 497 g/mol. The fraction of sp³-hybridized carbons (Fsp3) is 0.0714. The van der Waals surface area contributed by atoms with E-state index < -0.39 is 11.0 Å². The van der Waals surface area contributed by atoms with Crippen LogP contribution in [0.3, 0.4) is 0 Å². The average Bonchev–Trinajstić information content (AvgIpc) is 2.89. The number of fused-ring (bicyclic) bond motifs is 1. The third-order valence-corrected chi connectivity index (χ3v) is 7.58. The molecule has 3 aromatic carbocycles.